The van der Waals surface area contributed by atoms with Crippen LogP contribution in [0.1, 0.15) is 40.3 Å². The number of carbonyl (C=O) groups excluding carboxylic acids is 1. The fourth-order valence-electron chi connectivity index (χ4n) is 4.99. The summed E-state index contributed by atoms with van der Waals surface area (Å²) in [7, 11) is 0. The highest BCUT2D eigenvalue weighted by Crippen LogP contribution is 2.35. The molecule has 2 heterocycles. The van der Waals surface area contributed by atoms with Crippen LogP contribution in [0.3, 0.4) is 0 Å². The first-order chi connectivity index (χ1) is 20.7. The highest BCUT2D eigenvalue weighted by atomic mass is 35.5. The normalized spacial score (nSPS) is 14.1. The maximum atomic E-state index is 13.1. The molecule has 0 N–H and O–H groups in total. The first-order valence-electron chi connectivity index (χ1n) is 14.6. The van der Waals surface area contributed by atoms with Crippen molar-refractivity contribution in [1.82, 2.24) is 14.8 Å². The SMILES string of the molecule is C/C(=C\C(=O)N1CCN(Cc2ccc(C)cc2)CC1)c1cc(C)c(Oc2ccc(OCc3ccc(C)cc3)cn2)c(Cl)c1. The highest BCUT2D eigenvalue weighted by molar-refractivity contribution is 6.32. The van der Waals surface area contributed by atoms with E-state index >= 15 is 0 Å². The molecule has 7 heteroatoms. The van der Waals surface area contributed by atoms with Crippen molar-refractivity contribution in [1.29, 1.82) is 0 Å². The van der Waals surface area contributed by atoms with Crippen LogP contribution in [-0.4, -0.2) is 46.9 Å². The largest absolute Gasteiger partial charge is 0.487 e. The average Bonchev–Trinajstić information content (AvgIpc) is 3.00. The predicted molar refractivity (Wildman–Crippen MR) is 173 cm³/mol. The zero-order valence-electron chi connectivity index (χ0n) is 25.3. The summed E-state index contributed by atoms with van der Waals surface area (Å²) in [5.74, 6) is 1.64. The van der Waals surface area contributed by atoms with Gasteiger partial charge in [0.1, 0.15) is 12.4 Å². The van der Waals surface area contributed by atoms with E-state index in [1.807, 2.05) is 36.9 Å². The maximum absolute atomic E-state index is 13.1. The summed E-state index contributed by atoms with van der Waals surface area (Å²) in [6.45, 7) is 12.6. The number of aryl methyl sites for hydroxylation is 3. The van der Waals surface area contributed by atoms with Gasteiger partial charge in [-0.1, -0.05) is 71.3 Å². The Balaban J connectivity index is 1.15. The fourth-order valence-corrected chi connectivity index (χ4v) is 5.30. The van der Waals surface area contributed by atoms with Gasteiger partial charge in [-0.2, -0.15) is 0 Å². The molecule has 222 valence electrons. The maximum Gasteiger partial charge on any atom is 0.246 e. The minimum absolute atomic E-state index is 0.0236. The van der Waals surface area contributed by atoms with E-state index in [0.29, 0.717) is 42.1 Å². The second-order valence-corrected chi connectivity index (χ2v) is 11.6. The van der Waals surface area contributed by atoms with Crippen LogP contribution in [0.25, 0.3) is 5.57 Å². The van der Waals surface area contributed by atoms with E-state index in [2.05, 4.69) is 72.3 Å². The molecule has 0 atom stereocenters. The molecule has 1 aromatic heterocycles. The number of carbonyl (C=O) groups is 1. The molecule has 1 aliphatic rings. The molecular formula is C36H38ClN3O3. The van der Waals surface area contributed by atoms with Crippen molar-refractivity contribution < 1.29 is 14.3 Å². The third-order valence-corrected chi connectivity index (χ3v) is 7.96. The van der Waals surface area contributed by atoms with Gasteiger partial charge in [0.25, 0.3) is 0 Å². The molecule has 4 aromatic rings. The molecule has 6 nitrogen and oxygen atoms in total. The van der Waals surface area contributed by atoms with Crippen molar-refractivity contribution in [3.63, 3.8) is 0 Å². The smallest absolute Gasteiger partial charge is 0.246 e. The zero-order chi connectivity index (χ0) is 30.3. The Labute approximate surface area is 259 Å². The van der Waals surface area contributed by atoms with E-state index in [0.717, 1.165) is 41.9 Å². The third kappa shape index (κ3) is 8.25. The number of allylic oxidation sites excluding steroid dienone is 1. The predicted octanol–water partition coefficient (Wildman–Crippen LogP) is 7.78. The molecule has 1 fully saturated rings. The first-order valence-corrected chi connectivity index (χ1v) is 15.0. The summed E-state index contributed by atoms with van der Waals surface area (Å²) in [5.41, 5.74) is 7.47. The second kappa shape index (κ2) is 13.9. The topological polar surface area (TPSA) is 54.9 Å². The van der Waals surface area contributed by atoms with Crippen molar-refractivity contribution in [2.75, 3.05) is 26.2 Å². The van der Waals surface area contributed by atoms with Gasteiger partial charge in [-0.05, 0) is 73.7 Å². The van der Waals surface area contributed by atoms with E-state index in [4.69, 9.17) is 21.1 Å². The number of rotatable bonds is 9. The average molecular weight is 596 g/mol. The molecule has 0 unspecified atom stereocenters. The summed E-state index contributed by atoms with van der Waals surface area (Å²) in [6, 6.07) is 24.3. The zero-order valence-corrected chi connectivity index (χ0v) is 26.0. The number of hydrogen-bond acceptors (Lipinski definition) is 5. The van der Waals surface area contributed by atoms with Crippen LogP contribution in [0.15, 0.2) is 85.1 Å². The number of nitrogens with zero attached hydrogens (tertiary/aromatic N) is 3. The van der Waals surface area contributed by atoms with Gasteiger partial charge in [0, 0.05) is 44.9 Å². The van der Waals surface area contributed by atoms with Gasteiger partial charge in [0.15, 0.2) is 5.75 Å². The lowest BCUT2D eigenvalue weighted by atomic mass is 10.0. The van der Waals surface area contributed by atoms with Crippen LogP contribution in [0, 0.1) is 20.8 Å². The minimum Gasteiger partial charge on any atom is -0.487 e. The van der Waals surface area contributed by atoms with Gasteiger partial charge >= 0.3 is 0 Å². The van der Waals surface area contributed by atoms with Gasteiger partial charge in [-0.3, -0.25) is 9.69 Å². The number of hydrogen-bond donors (Lipinski definition) is 0. The third-order valence-electron chi connectivity index (χ3n) is 7.68. The summed E-state index contributed by atoms with van der Waals surface area (Å²) in [5, 5.41) is 0.460. The van der Waals surface area contributed by atoms with Crippen molar-refractivity contribution in [3.05, 3.63) is 123 Å². The molecule has 5 rings (SSSR count). The monoisotopic (exact) mass is 595 g/mol. The molecular weight excluding hydrogens is 558 g/mol. The summed E-state index contributed by atoms with van der Waals surface area (Å²) in [4.78, 5) is 21.8. The van der Waals surface area contributed by atoms with E-state index in [-0.39, 0.29) is 5.91 Å². The van der Waals surface area contributed by atoms with E-state index in [1.54, 1.807) is 18.3 Å². The Morgan fingerprint density at radius 1 is 0.884 bits per heavy atom. The molecule has 3 aromatic carbocycles. The first kappa shape index (κ1) is 30.3. The van der Waals surface area contributed by atoms with Crippen molar-refractivity contribution >= 4 is 23.1 Å². The van der Waals surface area contributed by atoms with Gasteiger partial charge in [0.2, 0.25) is 11.8 Å². The lowest BCUT2D eigenvalue weighted by molar-refractivity contribution is -0.127. The Morgan fingerprint density at radius 3 is 2.14 bits per heavy atom. The number of ether oxygens (including phenoxy) is 2. The number of pyridine rings is 1. The van der Waals surface area contributed by atoms with Crippen LogP contribution in [0.5, 0.6) is 17.4 Å². The van der Waals surface area contributed by atoms with E-state index < -0.39 is 0 Å². The highest BCUT2D eigenvalue weighted by Gasteiger charge is 2.20. The van der Waals surface area contributed by atoms with Crippen molar-refractivity contribution in [2.24, 2.45) is 0 Å². The molecule has 1 amide bonds. The quantitative estimate of drug-likeness (QED) is 0.185. The Hall–Kier alpha value is -4.13. The number of amides is 1. The number of halogens is 1. The fraction of sp³-hybridized carbons (Fsp3) is 0.278. The molecule has 1 saturated heterocycles. The van der Waals surface area contributed by atoms with Crippen LogP contribution >= 0.6 is 11.6 Å². The molecule has 0 bridgehead atoms. The molecule has 0 aliphatic carbocycles. The van der Waals surface area contributed by atoms with Crippen molar-refractivity contribution in [3.8, 4) is 17.4 Å². The lowest BCUT2D eigenvalue weighted by Crippen LogP contribution is -2.47. The Morgan fingerprint density at radius 2 is 1.53 bits per heavy atom. The molecule has 0 radical (unpaired) electrons. The number of aromatic nitrogens is 1. The summed E-state index contributed by atoms with van der Waals surface area (Å²) in [6.07, 6.45) is 3.35. The molecule has 43 heavy (non-hydrogen) atoms. The molecule has 0 spiro atoms. The molecule has 0 saturated carbocycles. The Bertz CT molecular complexity index is 1550. The Kier molecular flexibility index (Phi) is 9.80. The number of benzene rings is 3. The summed E-state index contributed by atoms with van der Waals surface area (Å²) < 4.78 is 11.9. The van der Waals surface area contributed by atoms with Crippen LogP contribution in [0.2, 0.25) is 5.02 Å². The van der Waals surface area contributed by atoms with E-state index in [9.17, 15) is 4.79 Å². The van der Waals surface area contributed by atoms with Crippen LogP contribution < -0.4 is 9.47 Å². The lowest BCUT2D eigenvalue weighted by Gasteiger charge is -2.34. The van der Waals surface area contributed by atoms with E-state index in [1.165, 1.54) is 16.7 Å². The molecule has 1 aliphatic heterocycles. The summed E-state index contributed by atoms with van der Waals surface area (Å²) >= 11 is 6.66. The minimum atomic E-state index is 0.0236. The number of piperazine rings is 1. The van der Waals surface area contributed by atoms with Gasteiger partial charge in [-0.25, -0.2) is 4.98 Å². The van der Waals surface area contributed by atoms with Gasteiger partial charge < -0.3 is 14.4 Å². The van der Waals surface area contributed by atoms with Gasteiger partial charge in [0.05, 0.1) is 11.2 Å². The standard InChI is InChI=1S/C36H38ClN3O3/c1-25-5-9-29(10-6-25)23-39-15-17-40(18-16-39)35(41)20-27(3)31-19-28(4)36(33(37)21-31)43-34-14-13-32(22-38-34)42-24-30-11-7-26(2)8-12-30/h5-14,19-22H,15-18,23-24H2,1-4H3/b27-20+. The van der Waals surface area contributed by atoms with Crippen LogP contribution in [0.4, 0.5) is 0 Å². The van der Waals surface area contributed by atoms with Gasteiger partial charge in [-0.15, -0.1) is 0 Å². The van der Waals surface area contributed by atoms with Crippen molar-refractivity contribution in [2.45, 2.75) is 40.8 Å². The second-order valence-electron chi connectivity index (χ2n) is 11.2. The van der Waals surface area contributed by atoms with Crippen LogP contribution in [-0.2, 0) is 17.9 Å².